The number of hydrogen-bond acceptors (Lipinski definition) is 3. The van der Waals surface area contributed by atoms with Gasteiger partial charge in [-0.25, -0.2) is 0 Å². The van der Waals surface area contributed by atoms with Gasteiger partial charge < -0.3 is 14.2 Å². The van der Waals surface area contributed by atoms with E-state index in [2.05, 4.69) is 206 Å². The van der Waals surface area contributed by atoms with Crippen LogP contribution in [0.5, 0.6) is 0 Å². The van der Waals surface area contributed by atoms with Crippen molar-refractivity contribution in [3.05, 3.63) is 199 Å². The molecule has 0 radical (unpaired) electrons. The van der Waals surface area contributed by atoms with Gasteiger partial charge in [0, 0.05) is 39.5 Å². The van der Waals surface area contributed by atoms with E-state index < -0.39 is 13.7 Å². The molecule has 0 aliphatic carbocycles. The second kappa shape index (κ2) is 11.6. The lowest BCUT2D eigenvalue weighted by molar-refractivity contribution is 0.347. The predicted molar refractivity (Wildman–Crippen MR) is 227 cm³/mol. The summed E-state index contributed by atoms with van der Waals surface area (Å²) in [6.07, 6.45) is 0. The van der Waals surface area contributed by atoms with Crippen molar-refractivity contribution in [2.24, 2.45) is 0 Å². The van der Waals surface area contributed by atoms with E-state index in [1.807, 2.05) is 0 Å². The van der Waals surface area contributed by atoms with Gasteiger partial charge in [-0.2, -0.15) is 0 Å². The van der Waals surface area contributed by atoms with Crippen molar-refractivity contribution in [2.45, 2.75) is 19.3 Å². The molecule has 3 aliphatic rings. The molecule has 0 amide bonds. The molecule has 3 aliphatic heterocycles. The van der Waals surface area contributed by atoms with Crippen molar-refractivity contribution >= 4 is 68.8 Å². The van der Waals surface area contributed by atoms with Crippen LogP contribution in [0.4, 0.5) is 34.1 Å². The van der Waals surface area contributed by atoms with Crippen LogP contribution in [0.1, 0.15) is 30.5 Å². The number of rotatable bonds is 5. The van der Waals surface area contributed by atoms with E-state index in [0.29, 0.717) is 6.61 Å². The largest absolute Gasteiger partial charge is 0.405 e. The van der Waals surface area contributed by atoms with Gasteiger partial charge in [0.15, 0.2) is 0 Å². The first kappa shape index (κ1) is 31.3. The molecule has 8 aromatic rings. The number of nitrogens with zero attached hydrogens (tertiary/aromatic N) is 2. The molecule has 3 nitrogen and oxygen atoms in total. The lowest BCUT2D eigenvalue weighted by atomic mass is 9.63. The minimum atomic E-state index is -3.00. The minimum Gasteiger partial charge on any atom is -0.405 e. The number of anilines is 6. The summed E-state index contributed by atoms with van der Waals surface area (Å²) in [5, 5.41) is 6.34. The Hall–Kier alpha value is -6.20. The Balaban J connectivity index is 1.35. The van der Waals surface area contributed by atoms with Crippen molar-refractivity contribution < 1.29 is 4.43 Å². The van der Waals surface area contributed by atoms with Crippen LogP contribution >= 0.6 is 0 Å². The van der Waals surface area contributed by atoms with Crippen LogP contribution in [-0.2, 0) is 9.84 Å². The van der Waals surface area contributed by atoms with E-state index in [0.717, 1.165) is 5.69 Å². The Kier molecular flexibility index (Phi) is 6.76. The van der Waals surface area contributed by atoms with Crippen molar-refractivity contribution in [2.75, 3.05) is 16.4 Å². The average Bonchev–Trinajstić information content (AvgIpc) is 3.24. The van der Waals surface area contributed by atoms with Crippen LogP contribution in [0.15, 0.2) is 182 Å². The Morgan fingerprint density at radius 2 is 1.15 bits per heavy atom. The molecule has 0 fully saturated rings. The van der Waals surface area contributed by atoms with E-state index in [9.17, 15) is 0 Å². The van der Waals surface area contributed by atoms with Gasteiger partial charge in [0.2, 0.25) is 0 Å². The molecule has 0 spiro atoms. The number of hydrogen-bond donors (Lipinski definition) is 0. The van der Waals surface area contributed by atoms with E-state index >= 15 is 0 Å². The van der Waals surface area contributed by atoms with Gasteiger partial charge >= 0.3 is 0 Å². The zero-order valence-corrected chi connectivity index (χ0v) is 31.3. The summed E-state index contributed by atoms with van der Waals surface area (Å²) < 4.78 is 7.33. The van der Waals surface area contributed by atoms with E-state index in [1.54, 1.807) is 0 Å². The summed E-state index contributed by atoms with van der Waals surface area (Å²) in [6, 6.07) is 67.4. The Labute approximate surface area is 317 Å². The first-order chi connectivity index (χ1) is 26.7. The van der Waals surface area contributed by atoms with Gasteiger partial charge in [-0.3, -0.25) is 0 Å². The van der Waals surface area contributed by atoms with Crippen molar-refractivity contribution in [1.29, 1.82) is 0 Å². The van der Waals surface area contributed by atoms with Crippen LogP contribution in [0.25, 0.3) is 21.9 Å². The van der Waals surface area contributed by atoms with Gasteiger partial charge in [0.25, 0.3) is 8.32 Å². The fourth-order valence-corrected chi connectivity index (χ4v) is 14.3. The molecule has 258 valence electrons. The molecular weight excluding hydrogens is 673 g/mol. The van der Waals surface area contributed by atoms with Gasteiger partial charge in [0.05, 0.1) is 28.2 Å². The maximum absolute atomic E-state index is 7.33. The summed E-state index contributed by atoms with van der Waals surface area (Å²) in [5.74, 6) is 0. The zero-order chi connectivity index (χ0) is 36.0. The summed E-state index contributed by atoms with van der Waals surface area (Å²) in [6.45, 7) is 5.25. The molecule has 2 unspecified atom stereocenters. The van der Waals surface area contributed by atoms with E-state index in [1.165, 1.54) is 82.6 Å². The molecular formula is C50H38N2OSi. The van der Waals surface area contributed by atoms with Crippen molar-refractivity contribution in [3.8, 4) is 11.1 Å². The van der Waals surface area contributed by atoms with Gasteiger partial charge in [-0.15, -0.1) is 0 Å². The second-order valence-corrected chi connectivity index (χ2v) is 18.0. The highest BCUT2D eigenvalue weighted by Gasteiger charge is 2.56. The standard InChI is InChI=1S/C50H38N2OSi/c1-3-53-54(36-22-8-5-9-23-36)45-30-15-14-29-43(45)52-48-39(38-25-16-19-34-18-10-11-24-37(34)38)32-33-44-47(48)50(2,41-27-17-31-46(54)49(41)52)40-26-12-13-28-42(40)51(44)35-20-6-4-7-21-35/h4-33H,3H2,1-2H3. The lowest BCUT2D eigenvalue weighted by Gasteiger charge is -2.54. The Morgan fingerprint density at radius 3 is 1.98 bits per heavy atom. The summed E-state index contributed by atoms with van der Waals surface area (Å²) in [7, 11) is -3.00. The maximum Gasteiger partial charge on any atom is 0.292 e. The molecule has 8 aromatic carbocycles. The highest BCUT2D eigenvalue weighted by atomic mass is 28.4. The van der Waals surface area contributed by atoms with Crippen LogP contribution in [0.2, 0.25) is 0 Å². The molecule has 0 bridgehead atoms. The molecule has 3 heterocycles. The van der Waals surface area contributed by atoms with Crippen molar-refractivity contribution in [3.63, 3.8) is 0 Å². The van der Waals surface area contributed by atoms with E-state index in [4.69, 9.17) is 4.43 Å². The zero-order valence-electron chi connectivity index (χ0n) is 30.3. The smallest absolute Gasteiger partial charge is 0.292 e. The highest BCUT2D eigenvalue weighted by Crippen LogP contribution is 2.65. The third kappa shape index (κ3) is 3.99. The number of fused-ring (bicyclic) bond motifs is 7. The van der Waals surface area contributed by atoms with Gasteiger partial charge in [0.1, 0.15) is 0 Å². The maximum atomic E-state index is 7.33. The molecule has 0 N–H and O–H groups in total. The number of benzene rings is 8. The highest BCUT2D eigenvalue weighted by molar-refractivity contribution is 7.09. The van der Waals surface area contributed by atoms with Crippen molar-refractivity contribution in [1.82, 2.24) is 0 Å². The van der Waals surface area contributed by atoms with Crippen LogP contribution in [0, 0.1) is 0 Å². The SMILES string of the molecule is CCO[Si]1(c2ccccc2)c2ccccc2N2c3c(cccc31)C1(C)c3ccccc3N(c3ccccc3)c3ccc(-c4cccc5ccccc45)c2c31. The third-order valence-electron chi connectivity index (χ3n) is 12.1. The van der Waals surface area contributed by atoms with E-state index in [-0.39, 0.29) is 0 Å². The molecule has 11 rings (SSSR count). The summed E-state index contributed by atoms with van der Waals surface area (Å²) in [4.78, 5) is 5.11. The topological polar surface area (TPSA) is 15.7 Å². The lowest BCUT2D eigenvalue weighted by Crippen LogP contribution is -2.73. The fourth-order valence-electron chi connectivity index (χ4n) is 10.0. The monoisotopic (exact) mass is 710 g/mol. The normalized spacial score (nSPS) is 18.8. The minimum absolute atomic E-state index is 0.482. The van der Waals surface area contributed by atoms with Crippen LogP contribution in [0.3, 0.4) is 0 Å². The molecule has 0 saturated carbocycles. The molecule has 0 saturated heterocycles. The molecule has 0 aromatic heterocycles. The number of para-hydroxylation sites is 4. The quantitative estimate of drug-likeness (QED) is 0.165. The van der Waals surface area contributed by atoms with Gasteiger partial charge in [-0.1, -0.05) is 152 Å². The first-order valence-electron chi connectivity index (χ1n) is 19.0. The fraction of sp³-hybridized carbons (Fsp3) is 0.0800. The van der Waals surface area contributed by atoms with Crippen LogP contribution in [-0.4, -0.2) is 14.9 Å². The molecule has 4 heteroatoms. The van der Waals surface area contributed by atoms with Crippen LogP contribution < -0.4 is 25.4 Å². The summed E-state index contributed by atoms with van der Waals surface area (Å²) >= 11 is 0. The Bertz CT molecular complexity index is 2780. The molecule has 2 atom stereocenters. The second-order valence-electron chi connectivity index (χ2n) is 14.7. The predicted octanol–water partition coefficient (Wildman–Crippen LogP) is 10.7. The van der Waals surface area contributed by atoms with Gasteiger partial charge in [-0.05, 0) is 76.8 Å². The first-order valence-corrected chi connectivity index (χ1v) is 20.9. The average molecular weight is 711 g/mol. The summed E-state index contributed by atoms with van der Waals surface area (Å²) in [5.41, 5.74) is 13.2. The molecule has 54 heavy (non-hydrogen) atoms. The third-order valence-corrected chi connectivity index (χ3v) is 16.4. The Morgan fingerprint density at radius 1 is 0.500 bits per heavy atom.